The van der Waals surface area contributed by atoms with Crippen LogP contribution in [0.5, 0.6) is 0 Å². The number of hydrogen-bond acceptors (Lipinski definition) is 1. The Bertz CT molecular complexity index is 730. The molecule has 5 atom stereocenters. The average Bonchev–Trinajstić information content (AvgIpc) is 2.99. The molecule has 0 spiro atoms. The highest BCUT2D eigenvalue weighted by Crippen LogP contribution is 2.66. The van der Waals surface area contributed by atoms with Gasteiger partial charge in [0.1, 0.15) is 0 Å². The maximum atomic E-state index is 4.39. The monoisotopic (exact) mass is 333 g/mol. The molecule has 1 heteroatoms. The second kappa shape index (κ2) is 5.56. The number of nitrogens with zero attached hydrogens (tertiary/aromatic N) is 1. The molecule has 1 nitrogen and oxygen atoms in total. The highest BCUT2D eigenvalue weighted by atomic mass is 14.6. The van der Waals surface area contributed by atoms with Gasteiger partial charge in [0.25, 0.3) is 0 Å². The molecule has 132 valence electrons. The van der Waals surface area contributed by atoms with E-state index in [-0.39, 0.29) is 0 Å². The lowest BCUT2D eigenvalue weighted by atomic mass is 9.47. The van der Waals surface area contributed by atoms with Crippen LogP contribution in [0.1, 0.15) is 70.8 Å². The van der Waals surface area contributed by atoms with Crippen molar-refractivity contribution in [3.8, 4) is 0 Å². The van der Waals surface area contributed by atoms with Crippen molar-refractivity contribution in [3.05, 3.63) is 47.8 Å². The van der Waals surface area contributed by atoms with E-state index in [2.05, 4.69) is 49.3 Å². The molecule has 4 aliphatic rings. The molecule has 0 N–H and O–H groups in total. The van der Waals surface area contributed by atoms with Crippen LogP contribution in [0.25, 0.3) is 5.57 Å². The molecular weight excluding hydrogens is 302 g/mol. The van der Waals surface area contributed by atoms with Crippen molar-refractivity contribution in [1.82, 2.24) is 4.98 Å². The molecule has 1 aromatic heterocycles. The van der Waals surface area contributed by atoms with Crippen LogP contribution in [0.2, 0.25) is 0 Å². The molecule has 1 heterocycles. The van der Waals surface area contributed by atoms with Gasteiger partial charge in [-0.05, 0) is 90.7 Å². The molecule has 0 aromatic carbocycles. The Kier molecular flexibility index (Phi) is 3.53. The van der Waals surface area contributed by atoms with Crippen LogP contribution in [-0.4, -0.2) is 4.98 Å². The summed E-state index contributed by atoms with van der Waals surface area (Å²) in [6, 6.07) is 4.36. The Hall–Kier alpha value is -1.37. The van der Waals surface area contributed by atoms with Gasteiger partial charge in [-0.15, -0.1) is 0 Å². The number of aromatic nitrogens is 1. The lowest BCUT2D eigenvalue weighted by Crippen LogP contribution is -2.48. The maximum absolute atomic E-state index is 4.39. The number of allylic oxidation sites excluding steroid dienone is 4. The molecule has 0 aliphatic heterocycles. The van der Waals surface area contributed by atoms with Gasteiger partial charge in [-0.3, -0.25) is 4.98 Å². The first-order chi connectivity index (χ1) is 12.1. The van der Waals surface area contributed by atoms with Crippen LogP contribution < -0.4 is 0 Å². The lowest BCUT2D eigenvalue weighted by molar-refractivity contribution is -0.00980. The third kappa shape index (κ3) is 2.17. The summed E-state index contributed by atoms with van der Waals surface area (Å²) >= 11 is 0. The molecule has 0 radical (unpaired) electrons. The van der Waals surface area contributed by atoms with E-state index in [0.29, 0.717) is 10.8 Å². The van der Waals surface area contributed by atoms with E-state index in [1.165, 1.54) is 56.9 Å². The topological polar surface area (TPSA) is 12.9 Å². The Balaban J connectivity index is 1.49. The largest absolute Gasteiger partial charge is 0.264 e. The first-order valence-electron chi connectivity index (χ1n) is 10.4. The number of rotatable bonds is 1. The van der Waals surface area contributed by atoms with Gasteiger partial charge < -0.3 is 0 Å². The Morgan fingerprint density at radius 3 is 2.76 bits per heavy atom. The van der Waals surface area contributed by atoms with E-state index in [0.717, 1.165) is 17.8 Å². The molecule has 2 saturated carbocycles. The van der Waals surface area contributed by atoms with Crippen molar-refractivity contribution >= 4 is 5.57 Å². The molecule has 4 aliphatic carbocycles. The smallest absolute Gasteiger partial charge is 0.0343 e. The SMILES string of the molecule is C[C@]12CCCCC1=CCC1C2CC[C@]2(C)C(c3cccnc3)=CCC12. The summed E-state index contributed by atoms with van der Waals surface area (Å²) in [5, 5.41) is 0. The van der Waals surface area contributed by atoms with Crippen LogP contribution >= 0.6 is 0 Å². The van der Waals surface area contributed by atoms with E-state index >= 15 is 0 Å². The van der Waals surface area contributed by atoms with Crippen LogP contribution in [0.15, 0.2) is 42.3 Å². The molecule has 1 aromatic rings. The average molecular weight is 334 g/mol. The van der Waals surface area contributed by atoms with Gasteiger partial charge in [-0.2, -0.15) is 0 Å². The zero-order valence-electron chi connectivity index (χ0n) is 15.8. The second-order valence-corrected chi connectivity index (χ2v) is 9.52. The van der Waals surface area contributed by atoms with E-state index in [1.807, 2.05) is 11.8 Å². The van der Waals surface area contributed by atoms with Gasteiger partial charge >= 0.3 is 0 Å². The van der Waals surface area contributed by atoms with Crippen molar-refractivity contribution in [2.24, 2.45) is 28.6 Å². The fraction of sp³-hybridized carbons (Fsp3) is 0.625. The van der Waals surface area contributed by atoms with Crippen LogP contribution in [0, 0.1) is 28.6 Å². The third-order valence-electron chi connectivity index (χ3n) is 8.57. The molecule has 0 amide bonds. The van der Waals surface area contributed by atoms with Gasteiger partial charge in [0.15, 0.2) is 0 Å². The maximum Gasteiger partial charge on any atom is 0.0343 e. The highest BCUT2D eigenvalue weighted by Gasteiger charge is 2.56. The predicted molar refractivity (Wildman–Crippen MR) is 104 cm³/mol. The third-order valence-corrected chi connectivity index (χ3v) is 8.57. The molecule has 3 unspecified atom stereocenters. The first kappa shape index (κ1) is 15.9. The minimum absolute atomic E-state index is 0.362. The van der Waals surface area contributed by atoms with E-state index in [4.69, 9.17) is 0 Å². The van der Waals surface area contributed by atoms with Gasteiger partial charge in [0.2, 0.25) is 0 Å². The van der Waals surface area contributed by atoms with Crippen molar-refractivity contribution < 1.29 is 0 Å². The number of pyridine rings is 1. The summed E-state index contributed by atoms with van der Waals surface area (Å²) in [4.78, 5) is 4.39. The molecule has 2 fully saturated rings. The second-order valence-electron chi connectivity index (χ2n) is 9.52. The minimum Gasteiger partial charge on any atom is -0.264 e. The summed E-state index contributed by atoms with van der Waals surface area (Å²) in [5.41, 5.74) is 5.65. The summed E-state index contributed by atoms with van der Waals surface area (Å²) < 4.78 is 0. The Morgan fingerprint density at radius 1 is 1.00 bits per heavy atom. The highest BCUT2D eigenvalue weighted by molar-refractivity contribution is 5.72. The molecule has 25 heavy (non-hydrogen) atoms. The van der Waals surface area contributed by atoms with Crippen molar-refractivity contribution in [2.45, 2.75) is 65.2 Å². The van der Waals surface area contributed by atoms with E-state index in [9.17, 15) is 0 Å². The van der Waals surface area contributed by atoms with Gasteiger partial charge in [0, 0.05) is 12.4 Å². The van der Waals surface area contributed by atoms with Gasteiger partial charge in [-0.25, -0.2) is 0 Å². The Morgan fingerprint density at radius 2 is 1.92 bits per heavy atom. The predicted octanol–water partition coefficient (Wildman–Crippen LogP) is 6.43. The quantitative estimate of drug-likeness (QED) is 0.540. The Labute approximate surface area is 152 Å². The summed E-state index contributed by atoms with van der Waals surface area (Å²) in [5.74, 6) is 2.64. The molecular formula is C24H31N. The van der Waals surface area contributed by atoms with Gasteiger partial charge in [-0.1, -0.05) is 44.1 Å². The molecule has 0 saturated heterocycles. The summed E-state index contributed by atoms with van der Waals surface area (Å²) in [6.45, 7) is 5.17. The van der Waals surface area contributed by atoms with Crippen LogP contribution in [-0.2, 0) is 0 Å². The van der Waals surface area contributed by atoms with Crippen LogP contribution in [0.4, 0.5) is 0 Å². The number of hydrogen-bond donors (Lipinski definition) is 0. The van der Waals surface area contributed by atoms with Crippen LogP contribution in [0.3, 0.4) is 0 Å². The van der Waals surface area contributed by atoms with Crippen molar-refractivity contribution in [3.63, 3.8) is 0 Å². The van der Waals surface area contributed by atoms with E-state index in [1.54, 1.807) is 5.57 Å². The normalized spacial score (nSPS) is 42.7. The minimum atomic E-state index is 0.362. The fourth-order valence-electron chi connectivity index (χ4n) is 7.24. The first-order valence-corrected chi connectivity index (χ1v) is 10.4. The molecule has 0 bridgehead atoms. The lowest BCUT2D eigenvalue weighted by Gasteiger charge is -2.57. The summed E-state index contributed by atoms with van der Waals surface area (Å²) in [6.07, 6.45) is 20.3. The van der Waals surface area contributed by atoms with Gasteiger partial charge in [0.05, 0.1) is 0 Å². The fourth-order valence-corrected chi connectivity index (χ4v) is 7.24. The zero-order valence-corrected chi connectivity index (χ0v) is 15.8. The van der Waals surface area contributed by atoms with Crippen molar-refractivity contribution in [2.75, 3.05) is 0 Å². The summed E-state index contributed by atoms with van der Waals surface area (Å²) in [7, 11) is 0. The molecule has 5 rings (SSSR count). The zero-order chi connectivity index (χ0) is 17.1. The number of fused-ring (bicyclic) bond motifs is 5. The van der Waals surface area contributed by atoms with Crippen molar-refractivity contribution in [1.29, 1.82) is 0 Å². The van der Waals surface area contributed by atoms with E-state index < -0.39 is 0 Å². The standard InChI is InChI=1S/C24H31N/c1-23-13-4-3-7-18(23)8-9-19-21-11-10-20(17-6-5-15-25-16-17)24(21,2)14-12-22(19)23/h5-6,8,10,15-16,19,21-22H,3-4,7,9,11-14H2,1-2H3/t19?,21?,22?,23-,24+/m0/s1.